The first-order chi connectivity index (χ1) is 8.90. The molecule has 5 nitrogen and oxygen atoms in total. The van der Waals surface area contributed by atoms with Crippen LogP contribution in [0.2, 0.25) is 10.0 Å². The average Bonchev–Trinajstić information content (AvgIpc) is 3.14. The molecule has 1 aromatic rings. The van der Waals surface area contributed by atoms with Crippen LogP contribution in [0, 0.1) is 16.0 Å². The van der Waals surface area contributed by atoms with Gasteiger partial charge in [-0.05, 0) is 24.8 Å². The van der Waals surface area contributed by atoms with Crippen LogP contribution in [-0.2, 0) is 0 Å². The van der Waals surface area contributed by atoms with Crippen LogP contribution in [0.5, 0.6) is 0 Å². The first-order valence-electron chi connectivity index (χ1n) is 5.79. The molecule has 7 heteroatoms. The standard InChI is InChI=1S/C12H12Cl2N2O3/c1-15(6-7-2-3-7)12(17)8-4-9(13)11(14)10(5-8)16(18)19/h4-5,7H,2-3,6H2,1H3. The maximum Gasteiger partial charge on any atom is 0.290 e. The van der Waals surface area contributed by atoms with Crippen molar-refractivity contribution in [1.82, 2.24) is 4.90 Å². The van der Waals surface area contributed by atoms with Gasteiger partial charge < -0.3 is 4.90 Å². The highest BCUT2D eigenvalue weighted by molar-refractivity contribution is 6.43. The summed E-state index contributed by atoms with van der Waals surface area (Å²) >= 11 is 11.6. The topological polar surface area (TPSA) is 63.5 Å². The molecular formula is C12H12Cl2N2O3. The van der Waals surface area contributed by atoms with Gasteiger partial charge in [-0.25, -0.2) is 0 Å². The van der Waals surface area contributed by atoms with Gasteiger partial charge in [-0.2, -0.15) is 0 Å². The minimum absolute atomic E-state index is 0.0130. The molecule has 0 bridgehead atoms. The predicted octanol–water partition coefficient (Wildman–Crippen LogP) is 3.38. The minimum atomic E-state index is -0.647. The van der Waals surface area contributed by atoms with E-state index < -0.39 is 4.92 Å². The summed E-state index contributed by atoms with van der Waals surface area (Å²) in [4.78, 5) is 23.9. The lowest BCUT2D eigenvalue weighted by molar-refractivity contribution is -0.384. The zero-order chi connectivity index (χ0) is 14.2. The Balaban J connectivity index is 2.28. The van der Waals surface area contributed by atoms with E-state index in [-0.39, 0.29) is 27.2 Å². The fourth-order valence-electron chi connectivity index (χ4n) is 1.82. The van der Waals surface area contributed by atoms with E-state index in [0.717, 1.165) is 12.8 Å². The molecule has 0 spiro atoms. The Bertz CT molecular complexity index is 544. The average molecular weight is 303 g/mol. The van der Waals surface area contributed by atoms with Crippen molar-refractivity contribution in [3.05, 3.63) is 37.9 Å². The van der Waals surface area contributed by atoms with Crippen molar-refractivity contribution in [2.75, 3.05) is 13.6 Å². The van der Waals surface area contributed by atoms with E-state index in [1.807, 2.05) is 0 Å². The van der Waals surface area contributed by atoms with E-state index >= 15 is 0 Å². The zero-order valence-electron chi connectivity index (χ0n) is 10.2. The molecule has 0 radical (unpaired) electrons. The minimum Gasteiger partial charge on any atom is -0.341 e. The van der Waals surface area contributed by atoms with Crippen LogP contribution in [0.1, 0.15) is 23.2 Å². The maximum absolute atomic E-state index is 12.1. The molecule has 0 saturated heterocycles. The molecule has 0 unspecified atom stereocenters. The third-order valence-corrected chi connectivity index (χ3v) is 3.82. The van der Waals surface area contributed by atoms with Gasteiger partial charge in [0.15, 0.2) is 0 Å². The van der Waals surface area contributed by atoms with E-state index in [1.54, 1.807) is 11.9 Å². The van der Waals surface area contributed by atoms with Crippen LogP contribution >= 0.6 is 23.2 Å². The first kappa shape index (κ1) is 14.1. The Hall–Kier alpha value is -1.33. The lowest BCUT2D eigenvalue weighted by atomic mass is 10.1. The third kappa shape index (κ3) is 3.16. The zero-order valence-corrected chi connectivity index (χ0v) is 11.7. The summed E-state index contributed by atoms with van der Waals surface area (Å²) in [5.74, 6) is 0.264. The molecule has 0 atom stereocenters. The van der Waals surface area contributed by atoms with Crippen molar-refractivity contribution in [1.29, 1.82) is 0 Å². The molecule has 2 rings (SSSR count). The highest BCUT2D eigenvalue weighted by atomic mass is 35.5. The van der Waals surface area contributed by atoms with Crippen molar-refractivity contribution in [3.63, 3.8) is 0 Å². The van der Waals surface area contributed by atoms with Crippen LogP contribution in [0.25, 0.3) is 0 Å². The highest BCUT2D eigenvalue weighted by Gasteiger charge is 2.27. The maximum atomic E-state index is 12.1. The molecule has 1 amide bonds. The molecule has 1 saturated carbocycles. The molecule has 1 aliphatic carbocycles. The molecule has 1 aliphatic rings. The van der Waals surface area contributed by atoms with Gasteiger partial charge in [0, 0.05) is 25.2 Å². The number of hydrogen-bond donors (Lipinski definition) is 0. The van der Waals surface area contributed by atoms with Crippen LogP contribution in [0.15, 0.2) is 12.1 Å². The first-order valence-corrected chi connectivity index (χ1v) is 6.54. The van der Waals surface area contributed by atoms with Gasteiger partial charge in [-0.3, -0.25) is 14.9 Å². The van der Waals surface area contributed by atoms with Crippen LogP contribution in [0.4, 0.5) is 5.69 Å². The molecule has 102 valence electrons. The number of rotatable bonds is 4. The van der Waals surface area contributed by atoms with E-state index in [1.165, 1.54) is 12.1 Å². The van der Waals surface area contributed by atoms with Crippen LogP contribution in [0.3, 0.4) is 0 Å². The predicted molar refractivity (Wildman–Crippen MR) is 72.8 cm³/mol. The van der Waals surface area contributed by atoms with Crippen molar-refractivity contribution in [2.45, 2.75) is 12.8 Å². The molecule has 0 aliphatic heterocycles. The van der Waals surface area contributed by atoms with Crippen molar-refractivity contribution < 1.29 is 9.72 Å². The largest absolute Gasteiger partial charge is 0.341 e. The van der Waals surface area contributed by atoms with Gasteiger partial charge in [-0.1, -0.05) is 23.2 Å². The molecular weight excluding hydrogens is 291 g/mol. The van der Waals surface area contributed by atoms with Gasteiger partial charge in [-0.15, -0.1) is 0 Å². The molecule has 0 aromatic heterocycles. The second kappa shape index (κ2) is 5.35. The number of carbonyl (C=O) groups is 1. The number of carbonyl (C=O) groups excluding carboxylic acids is 1. The van der Waals surface area contributed by atoms with Gasteiger partial charge in [0.05, 0.1) is 9.95 Å². The summed E-state index contributed by atoms with van der Waals surface area (Å²) in [6, 6.07) is 2.53. The summed E-state index contributed by atoms with van der Waals surface area (Å²) in [5.41, 5.74) is -0.165. The summed E-state index contributed by atoms with van der Waals surface area (Å²) in [5, 5.41) is 10.7. The number of nitro groups is 1. The normalized spacial score (nSPS) is 14.3. The highest BCUT2D eigenvalue weighted by Crippen LogP contribution is 2.34. The lowest BCUT2D eigenvalue weighted by Gasteiger charge is -2.17. The van der Waals surface area contributed by atoms with Crippen molar-refractivity contribution >= 4 is 34.8 Å². The van der Waals surface area contributed by atoms with Crippen molar-refractivity contribution in [2.24, 2.45) is 5.92 Å². The van der Waals surface area contributed by atoms with E-state index in [4.69, 9.17) is 23.2 Å². The Morgan fingerprint density at radius 2 is 2.11 bits per heavy atom. The smallest absolute Gasteiger partial charge is 0.290 e. The fourth-order valence-corrected chi connectivity index (χ4v) is 2.21. The summed E-state index contributed by atoms with van der Waals surface area (Å²) < 4.78 is 0. The van der Waals surface area contributed by atoms with E-state index in [2.05, 4.69) is 0 Å². The van der Waals surface area contributed by atoms with Gasteiger partial charge in [0.25, 0.3) is 11.6 Å². The monoisotopic (exact) mass is 302 g/mol. The second-order valence-corrected chi connectivity index (χ2v) is 5.46. The lowest BCUT2D eigenvalue weighted by Crippen LogP contribution is -2.28. The molecule has 0 N–H and O–H groups in total. The Labute approximate surface area is 120 Å². The number of nitrogens with zero attached hydrogens (tertiary/aromatic N) is 2. The van der Waals surface area contributed by atoms with Crippen LogP contribution < -0.4 is 0 Å². The molecule has 0 heterocycles. The third-order valence-electron chi connectivity index (χ3n) is 3.03. The molecule has 19 heavy (non-hydrogen) atoms. The Kier molecular flexibility index (Phi) is 3.96. The molecule has 1 fully saturated rings. The summed E-state index contributed by atoms with van der Waals surface area (Å²) in [6.45, 7) is 0.660. The number of nitro benzene ring substituents is 1. The Morgan fingerprint density at radius 1 is 1.47 bits per heavy atom. The Morgan fingerprint density at radius 3 is 2.63 bits per heavy atom. The number of benzene rings is 1. The number of halogens is 2. The van der Waals surface area contributed by atoms with E-state index in [0.29, 0.717) is 12.5 Å². The summed E-state index contributed by atoms with van der Waals surface area (Å²) in [6.07, 6.45) is 2.25. The summed E-state index contributed by atoms with van der Waals surface area (Å²) in [7, 11) is 1.68. The van der Waals surface area contributed by atoms with Gasteiger partial charge in [0.1, 0.15) is 5.02 Å². The molecule has 1 aromatic carbocycles. The van der Waals surface area contributed by atoms with Crippen LogP contribution in [-0.4, -0.2) is 29.3 Å². The fraction of sp³-hybridized carbons (Fsp3) is 0.417. The number of amides is 1. The quantitative estimate of drug-likeness (QED) is 0.632. The van der Waals surface area contributed by atoms with Gasteiger partial charge >= 0.3 is 0 Å². The number of hydrogen-bond acceptors (Lipinski definition) is 3. The van der Waals surface area contributed by atoms with E-state index in [9.17, 15) is 14.9 Å². The van der Waals surface area contributed by atoms with Gasteiger partial charge in [0.2, 0.25) is 0 Å². The second-order valence-electron chi connectivity index (χ2n) is 4.68. The van der Waals surface area contributed by atoms with Crippen molar-refractivity contribution in [3.8, 4) is 0 Å². The SMILES string of the molecule is CN(CC1CC1)C(=O)c1cc(Cl)c(Cl)c([N+](=O)[O-])c1.